The fraction of sp³-hybridized carbons (Fsp3) is 0.300. The van der Waals surface area contributed by atoms with Crippen LogP contribution in [-0.4, -0.2) is 16.6 Å². The lowest BCUT2D eigenvalue weighted by molar-refractivity contribution is 0.626. The van der Waals surface area contributed by atoms with Gasteiger partial charge in [0.2, 0.25) is 0 Å². The van der Waals surface area contributed by atoms with Crippen LogP contribution in [0.5, 0.6) is 0 Å². The molecule has 3 nitrogen and oxygen atoms in total. The van der Waals surface area contributed by atoms with Gasteiger partial charge >= 0.3 is 0 Å². The Balaban J connectivity index is 2.36. The molecule has 0 radical (unpaired) electrons. The Morgan fingerprint density at radius 1 is 1.57 bits per heavy atom. The zero-order valence-corrected chi connectivity index (χ0v) is 9.08. The van der Waals surface area contributed by atoms with Crippen LogP contribution in [0.4, 0.5) is 0 Å². The normalized spacial score (nSPS) is 13.0. The summed E-state index contributed by atoms with van der Waals surface area (Å²) in [4.78, 5) is 5.64. The molecule has 0 aromatic carbocycles. The maximum absolute atomic E-state index is 4.35. The minimum atomic E-state index is 0.204. The predicted octanol–water partition coefficient (Wildman–Crippen LogP) is 1.79. The lowest BCUT2D eigenvalue weighted by Crippen LogP contribution is -2.20. The van der Waals surface area contributed by atoms with Crippen molar-refractivity contribution in [2.75, 3.05) is 7.05 Å². The molecule has 2 heterocycles. The van der Waals surface area contributed by atoms with Gasteiger partial charge in [-0.25, -0.2) is 4.98 Å². The van der Waals surface area contributed by atoms with E-state index in [1.54, 1.807) is 11.3 Å². The first kappa shape index (κ1) is 9.43. The fourth-order valence-corrected chi connectivity index (χ4v) is 2.34. The molecule has 0 fully saturated rings. The average molecular weight is 207 g/mol. The van der Waals surface area contributed by atoms with Gasteiger partial charge in [0.05, 0.1) is 0 Å². The van der Waals surface area contributed by atoms with Crippen LogP contribution in [0.1, 0.15) is 16.7 Å². The molecule has 0 spiro atoms. The third kappa shape index (κ3) is 1.58. The van der Waals surface area contributed by atoms with Gasteiger partial charge in [-0.1, -0.05) is 6.07 Å². The van der Waals surface area contributed by atoms with E-state index in [1.165, 1.54) is 4.88 Å². The Morgan fingerprint density at radius 3 is 2.93 bits per heavy atom. The number of rotatable bonds is 3. The molecule has 0 aliphatic rings. The van der Waals surface area contributed by atoms with Gasteiger partial charge in [0.1, 0.15) is 11.9 Å². The molecule has 1 unspecified atom stereocenters. The van der Waals surface area contributed by atoms with Crippen LogP contribution >= 0.6 is 11.3 Å². The summed E-state index contributed by atoms with van der Waals surface area (Å²) in [7, 11) is 3.97. The van der Waals surface area contributed by atoms with E-state index >= 15 is 0 Å². The Labute approximate surface area is 87.4 Å². The Kier molecular flexibility index (Phi) is 2.65. The summed E-state index contributed by atoms with van der Waals surface area (Å²) >= 11 is 1.75. The van der Waals surface area contributed by atoms with Crippen molar-refractivity contribution >= 4 is 11.3 Å². The number of nitrogens with one attached hydrogen (secondary N) is 1. The minimum absolute atomic E-state index is 0.204. The van der Waals surface area contributed by atoms with Crippen molar-refractivity contribution in [1.29, 1.82) is 0 Å². The van der Waals surface area contributed by atoms with Gasteiger partial charge in [-0.05, 0) is 18.5 Å². The third-order valence-corrected chi connectivity index (χ3v) is 3.17. The predicted molar refractivity (Wildman–Crippen MR) is 58.4 cm³/mol. The molecule has 2 aromatic rings. The van der Waals surface area contributed by atoms with Gasteiger partial charge in [-0.2, -0.15) is 0 Å². The summed E-state index contributed by atoms with van der Waals surface area (Å²) < 4.78 is 2.04. The van der Waals surface area contributed by atoms with E-state index in [2.05, 4.69) is 27.8 Å². The molecule has 74 valence electrons. The largest absolute Gasteiger partial charge is 0.336 e. The monoisotopic (exact) mass is 207 g/mol. The zero-order chi connectivity index (χ0) is 9.97. The Bertz CT molecular complexity index is 391. The first-order chi connectivity index (χ1) is 6.83. The summed E-state index contributed by atoms with van der Waals surface area (Å²) in [6.45, 7) is 0. The van der Waals surface area contributed by atoms with Gasteiger partial charge in [0.25, 0.3) is 0 Å². The van der Waals surface area contributed by atoms with E-state index in [0.29, 0.717) is 0 Å². The molecule has 0 amide bonds. The third-order valence-electron chi connectivity index (χ3n) is 2.23. The van der Waals surface area contributed by atoms with E-state index in [-0.39, 0.29) is 6.04 Å². The second-order valence-electron chi connectivity index (χ2n) is 3.13. The van der Waals surface area contributed by atoms with Gasteiger partial charge in [-0.15, -0.1) is 11.3 Å². The lowest BCUT2D eigenvalue weighted by atomic mass is 10.2. The maximum atomic E-state index is 4.35. The van der Waals surface area contributed by atoms with E-state index in [4.69, 9.17) is 0 Å². The lowest BCUT2D eigenvalue weighted by Gasteiger charge is -2.13. The summed E-state index contributed by atoms with van der Waals surface area (Å²) in [6, 6.07) is 4.39. The van der Waals surface area contributed by atoms with Crippen molar-refractivity contribution in [3.63, 3.8) is 0 Å². The molecular formula is C10H13N3S. The summed E-state index contributed by atoms with van der Waals surface area (Å²) in [5, 5.41) is 5.36. The maximum Gasteiger partial charge on any atom is 0.131 e. The standard InChI is InChI=1S/C10H13N3S/c1-11-9(8-4-3-7-14-8)10-12-5-6-13(10)2/h3-7,9,11H,1-2H3. The molecule has 2 rings (SSSR count). The highest BCUT2D eigenvalue weighted by molar-refractivity contribution is 7.10. The highest BCUT2D eigenvalue weighted by Gasteiger charge is 2.16. The SMILES string of the molecule is CNC(c1cccs1)c1nccn1C. The number of nitrogens with zero attached hydrogens (tertiary/aromatic N) is 2. The second kappa shape index (κ2) is 3.94. The Morgan fingerprint density at radius 2 is 2.43 bits per heavy atom. The minimum Gasteiger partial charge on any atom is -0.336 e. The number of hydrogen-bond acceptors (Lipinski definition) is 3. The summed E-state index contributed by atoms with van der Waals surface area (Å²) in [6.07, 6.45) is 3.79. The number of thiophene rings is 1. The molecule has 0 saturated carbocycles. The fourth-order valence-electron chi connectivity index (χ4n) is 1.51. The van der Waals surface area contributed by atoms with Crippen molar-refractivity contribution in [3.8, 4) is 0 Å². The van der Waals surface area contributed by atoms with Crippen molar-refractivity contribution in [3.05, 3.63) is 40.6 Å². The van der Waals surface area contributed by atoms with E-state index in [0.717, 1.165) is 5.82 Å². The van der Waals surface area contributed by atoms with E-state index in [1.807, 2.05) is 31.1 Å². The van der Waals surface area contributed by atoms with Crippen molar-refractivity contribution in [1.82, 2.24) is 14.9 Å². The van der Waals surface area contributed by atoms with Crippen molar-refractivity contribution < 1.29 is 0 Å². The van der Waals surface area contributed by atoms with E-state index < -0.39 is 0 Å². The van der Waals surface area contributed by atoms with Crippen LogP contribution in [0.3, 0.4) is 0 Å². The van der Waals surface area contributed by atoms with Crippen LogP contribution in [0, 0.1) is 0 Å². The van der Waals surface area contributed by atoms with Gasteiger partial charge in [0.15, 0.2) is 0 Å². The van der Waals surface area contributed by atoms with E-state index in [9.17, 15) is 0 Å². The average Bonchev–Trinajstić information content (AvgIpc) is 2.80. The van der Waals surface area contributed by atoms with Gasteiger partial charge < -0.3 is 9.88 Å². The topological polar surface area (TPSA) is 29.9 Å². The van der Waals surface area contributed by atoms with Crippen molar-refractivity contribution in [2.24, 2.45) is 7.05 Å². The first-order valence-corrected chi connectivity index (χ1v) is 5.39. The Hall–Kier alpha value is -1.13. The summed E-state index contributed by atoms with van der Waals surface area (Å²) in [5.74, 6) is 1.05. The highest BCUT2D eigenvalue weighted by Crippen LogP contribution is 2.23. The van der Waals surface area contributed by atoms with Crippen LogP contribution < -0.4 is 5.32 Å². The number of aryl methyl sites for hydroxylation is 1. The summed E-state index contributed by atoms with van der Waals surface area (Å²) in [5.41, 5.74) is 0. The van der Waals surface area contributed by atoms with Crippen LogP contribution in [0.25, 0.3) is 0 Å². The van der Waals surface area contributed by atoms with Gasteiger partial charge in [-0.3, -0.25) is 0 Å². The zero-order valence-electron chi connectivity index (χ0n) is 8.27. The quantitative estimate of drug-likeness (QED) is 0.831. The molecular weight excluding hydrogens is 194 g/mol. The number of hydrogen-bond donors (Lipinski definition) is 1. The number of aromatic nitrogens is 2. The molecule has 14 heavy (non-hydrogen) atoms. The van der Waals surface area contributed by atoms with Crippen LogP contribution in [0.15, 0.2) is 29.9 Å². The molecule has 0 aliphatic carbocycles. The molecule has 0 aliphatic heterocycles. The molecule has 4 heteroatoms. The van der Waals surface area contributed by atoms with Crippen molar-refractivity contribution in [2.45, 2.75) is 6.04 Å². The molecule has 0 bridgehead atoms. The van der Waals surface area contributed by atoms with Gasteiger partial charge in [0, 0.05) is 24.3 Å². The molecule has 0 saturated heterocycles. The number of imidazole rings is 1. The highest BCUT2D eigenvalue weighted by atomic mass is 32.1. The molecule has 1 N–H and O–H groups in total. The van der Waals surface area contributed by atoms with Crippen LogP contribution in [-0.2, 0) is 7.05 Å². The van der Waals surface area contributed by atoms with Crippen LogP contribution in [0.2, 0.25) is 0 Å². The molecule has 1 atom stereocenters. The second-order valence-corrected chi connectivity index (χ2v) is 4.11. The smallest absolute Gasteiger partial charge is 0.131 e. The molecule has 2 aromatic heterocycles. The first-order valence-electron chi connectivity index (χ1n) is 4.51.